The van der Waals surface area contributed by atoms with E-state index in [9.17, 15) is 9.90 Å². The molecule has 0 saturated carbocycles. The van der Waals surface area contributed by atoms with Crippen molar-refractivity contribution in [3.8, 4) is 11.5 Å². The fourth-order valence-corrected chi connectivity index (χ4v) is 3.63. The minimum absolute atomic E-state index is 0.276. The van der Waals surface area contributed by atoms with E-state index in [0.717, 1.165) is 35.8 Å². The number of rotatable bonds is 5. The van der Waals surface area contributed by atoms with Crippen LogP contribution in [0.4, 0.5) is 5.69 Å². The molecule has 1 aliphatic carbocycles. The molecule has 0 radical (unpaired) electrons. The number of nitrogen functional groups attached to an aromatic ring is 1. The fourth-order valence-electron chi connectivity index (χ4n) is 3.63. The predicted octanol–water partition coefficient (Wildman–Crippen LogP) is 3.42. The van der Waals surface area contributed by atoms with E-state index in [4.69, 9.17) is 19.6 Å². The smallest absolute Gasteiger partial charge is 0.339 e. The van der Waals surface area contributed by atoms with Crippen molar-refractivity contribution in [2.24, 2.45) is 0 Å². The van der Waals surface area contributed by atoms with Gasteiger partial charge in [-0.25, -0.2) is 4.79 Å². The van der Waals surface area contributed by atoms with Gasteiger partial charge in [-0.15, -0.1) is 0 Å². The molecule has 6 heteroatoms. The van der Waals surface area contributed by atoms with Gasteiger partial charge in [0, 0.05) is 17.3 Å². The van der Waals surface area contributed by atoms with Crippen LogP contribution in [0.3, 0.4) is 0 Å². The first-order chi connectivity index (χ1) is 13.5. The Balaban J connectivity index is 1.74. The summed E-state index contributed by atoms with van der Waals surface area (Å²) in [4.78, 5) is 12.3. The maximum atomic E-state index is 12.3. The van der Waals surface area contributed by atoms with Crippen LogP contribution in [0.2, 0.25) is 0 Å². The third-order valence-electron chi connectivity index (χ3n) is 4.95. The lowest BCUT2D eigenvalue weighted by Crippen LogP contribution is -2.35. The molecule has 3 N–H and O–H groups in total. The quantitative estimate of drug-likeness (QED) is 0.399. The third-order valence-corrected chi connectivity index (χ3v) is 4.95. The summed E-state index contributed by atoms with van der Waals surface area (Å²) in [6.45, 7) is 1.59. The van der Waals surface area contributed by atoms with Crippen LogP contribution in [-0.2, 0) is 12.8 Å². The number of ether oxygens (including phenoxy) is 2. The van der Waals surface area contributed by atoms with Crippen LogP contribution in [0, 0.1) is 0 Å². The molecule has 0 amide bonds. The summed E-state index contributed by atoms with van der Waals surface area (Å²) in [6, 6.07) is 12.3. The van der Waals surface area contributed by atoms with Gasteiger partial charge < -0.3 is 24.7 Å². The summed E-state index contributed by atoms with van der Waals surface area (Å²) in [5.74, 6) is 1.02. The second-order valence-corrected chi connectivity index (χ2v) is 7.10. The zero-order valence-corrected chi connectivity index (χ0v) is 15.7. The van der Waals surface area contributed by atoms with E-state index in [1.165, 1.54) is 0 Å². The van der Waals surface area contributed by atoms with Crippen LogP contribution < -0.4 is 20.8 Å². The molecule has 1 aromatic heterocycles. The van der Waals surface area contributed by atoms with Gasteiger partial charge in [-0.2, -0.15) is 0 Å². The molecule has 2 unspecified atom stereocenters. The van der Waals surface area contributed by atoms with Gasteiger partial charge in [0.2, 0.25) is 0 Å². The van der Waals surface area contributed by atoms with Crippen molar-refractivity contribution in [1.82, 2.24) is 0 Å². The first-order valence-electron chi connectivity index (χ1n) is 9.47. The zero-order chi connectivity index (χ0) is 19.7. The van der Waals surface area contributed by atoms with Gasteiger partial charge in [0.1, 0.15) is 23.2 Å². The summed E-state index contributed by atoms with van der Waals surface area (Å²) < 4.78 is 17.4. The number of anilines is 1. The average molecular weight is 381 g/mol. The number of benzene rings is 2. The normalized spacial score (nSPS) is 15.6. The highest BCUT2D eigenvalue weighted by atomic mass is 16.7. The summed E-state index contributed by atoms with van der Waals surface area (Å²) in [6.07, 6.45) is 1.65. The zero-order valence-electron chi connectivity index (χ0n) is 15.7. The summed E-state index contributed by atoms with van der Waals surface area (Å²) in [5.41, 5.74) is 8.26. The number of aryl methyl sites for hydroxylation is 1. The fraction of sp³-hybridized carbons (Fsp3) is 0.318. The van der Waals surface area contributed by atoms with E-state index in [0.29, 0.717) is 29.2 Å². The molecule has 2 atom stereocenters. The van der Waals surface area contributed by atoms with Crippen molar-refractivity contribution < 1.29 is 19.0 Å². The van der Waals surface area contributed by atoms with Gasteiger partial charge in [-0.05, 0) is 62.4 Å². The molecule has 0 spiro atoms. The molecule has 3 aromatic rings. The Morgan fingerprint density at radius 1 is 1.07 bits per heavy atom. The number of fused-ring (bicyclic) bond motifs is 3. The Hall–Kier alpha value is -2.99. The molecule has 0 bridgehead atoms. The van der Waals surface area contributed by atoms with Gasteiger partial charge in [0.15, 0.2) is 0 Å². The molecule has 1 aliphatic rings. The lowest BCUT2D eigenvalue weighted by Gasteiger charge is -2.25. The number of hydrogen-bond acceptors (Lipinski definition) is 6. The van der Waals surface area contributed by atoms with E-state index in [-0.39, 0.29) is 5.63 Å². The highest BCUT2D eigenvalue weighted by Gasteiger charge is 2.24. The number of nitrogens with two attached hydrogens (primary N) is 1. The van der Waals surface area contributed by atoms with Gasteiger partial charge in [-0.3, -0.25) is 0 Å². The van der Waals surface area contributed by atoms with Crippen LogP contribution in [0.25, 0.3) is 11.0 Å². The van der Waals surface area contributed by atoms with Crippen LogP contribution in [-0.4, -0.2) is 17.5 Å². The molecule has 6 nitrogen and oxygen atoms in total. The maximum absolute atomic E-state index is 12.3. The van der Waals surface area contributed by atoms with Crippen LogP contribution in [0.15, 0.2) is 51.7 Å². The average Bonchev–Trinajstić information content (AvgIpc) is 2.67. The highest BCUT2D eigenvalue weighted by molar-refractivity contribution is 5.88. The van der Waals surface area contributed by atoms with E-state index >= 15 is 0 Å². The topological polar surface area (TPSA) is 94.9 Å². The molecule has 1 heterocycles. The second kappa shape index (κ2) is 7.56. The van der Waals surface area contributed by atoms with Gasteiger partial charge >= 0.3 is 5.63 Å². The minimum Gasteiger partial charge on any atom is -0.452 e. The lowest BCUT2D eigenvalue weighted by atomic mass is 9.90. The highest BCUT2D eigenvalue weighted by Crippen LogP contribution is 2.34. The molecular formula is C22H23NO5. The molecule has 146 valence electrons. The Morgan fingerprint density at radius 2 is 1.82 bits per heavy atom. The van der Waals surface area contributed by atoms with Crippen molar-refractivity contribution in [3.63, 3.8) is 0 Å². The van der Waals surface area contributed by atoms with E-state index in [2.05, 4.69) is 0 Å². The first-order valence-corrected chi connectivity index (χ1v) is 9.47. The van der Waals surface area contributed by atoms with Crippen molar-refractivity contribution in [3.05, 3.63) is 64.0 Å². The molecule has 28 heavy (non-hydrogen) atoms. The monoisotopic (exact) mass is 381 g/mol. The van der Waals surface area contributed by atoms with Gasteiger partial charge in [0.25, 0.3) is 6.29 Å². The number of aliphatic hydroxyl groups excluding tert-OH is 1. The van der Waals surface area contributed by atoms with Crippen molar-refractivity contribution in [1.29, 1.82) is 0 Å². The van der Waals surface area contributed by atoms with Crippen molar-refractivity contribution in [2.45, 2.75) is 45.0 Å². The molecule has 0 fully saturated rings. The van der Waals surface area contributed by atoms with Crippen molar-refractivity contribution >= 4 is 16.7 Å². The van der Waals surface area contributed by atoms with E-state index in [1.54, 1.807) is 49.4 Å². The van der Waals surface area contributed by atoms with Crippen LogP contribution in [0.5, 0.6) is 11.5 Å². The van der Waals surface area contributed by atoms with E-state index < -0.39 is 12.4 Å². The number of aliphatic hydroxyl groups is 1. The Kier molecular flexibility index (Phi) is 4.96. The summed E-state index contributed by atoms with van der Waals surface area (Å²) in [7, 11) is 0. The lowest BCUT2D eigenvalue weighted by molar-refractivity contribution is -0.0770. The SMILES string of the molecule is CC(O)C(Oc1cccc(N)c1)Oc1cccc2oc(=O)c3c(c12)CCCC3. The molecular weight excluding hydrogens is 358 g/mol. The molecule has 4 rings (SSSR count). The number of hydrogen-bond donors (Lipinski definition) is 2. The molecule has 0 aliphatic heterocycles. The Bertz CT molecular complexity index is 1060. The third kappa shape index (κ3) is 3.55. The summed E-state index contributed by atoms with van der Waals surface area (Å²) >= 11 is 0. The van der Waals surface area contributed by atoms with Crippen LogP contribution in [0.1, 0.15) is 30.9 Å². The maximum Gasteiger partial charge on any atom is 0.339 e. The van der Waals surface area contributed by atoms with E-state index in [1.807, 2.05) is 0 Å². The minimum atomic E-state index is -0.946. The summed E-state index contributed by atoms with van der Waals surface area (Å²) in [5, 5.41) is 11.0. The Labute approximate surface area is 162 Å². The predicted molar refractivity (Wildman–Crippen MR) is 107 cm³/mol. The molecule has 2 aromatic carbocycles. The van der Waals surface area contributed by atoms with Gasteiger partial charge in [-0.1, -0.05) is 12.1 Å². The Morgan fingerprint density at radius 3 is 2.57 bits per heavy atom. The van der Waals surface area contributed by atoms with Crippen molar-refractivity contribution in [2.75, 3.05) is 5.73 Å². The standard InChI is InChI=1S/C22H23NO5/c1-13(24)22(26-15-7-4-6-14(23)12-15)28-19-11-5-10-18-20(19)16-8-2-3-9-17(16)21(25)27-18/h4-7,10-13,22,24H,2-3,8-9,23H2,1H3. The van der Waals surface area contributed by atoms with Crippen LogP contribution >= 0.6 is 0 Å². The first kappa shape index (κ1) is 18.4. The molecule has 0 saturated heterocycles. The van der Waals surface area contributed by atoms with Gasteiger partial charge in [0.05, 0.1) is 5.39 Å². The second-order valence-electron chi connectivity index (χ2n) is 7.10. The largest absolute Gasteiger partial charge is 0.452 e.